The van der Waals surface area contributed by atoms with Crippen LogP contribution in [0, 0.1) is 11.8 Å². The molecule has 1 aromatic heterocycles. The van der Waals surface area contributed by atoms with Gasteiger partial charge in [0.05, 0.1) is 18.0 Å². The fourth-order valence-electron chi connectivity index (χ4n) is 2.30. The van der Waals surface area contributed by atoms with Crippen molar-refractivity contribution in [3.8, 4) is 17.6 Å². The molecule has 114 valence electrons. The molecule has 0 aliphatic heterocycles. The van der Waals surface area contributed by atoms with E-state index in [9.17, 15) is 8.42 Å². The van der Waals surface area contributed by atoms with Gasteiger partial charge in [-0.05, 0) is 25.0 Å². The molecule has 21 heavy (non-hydrogen) atoms. The zero-order chi connectivity index (χ0) is 15.0. The summed E-state index contributed by atoms with van der Waals surface area (Å²) in [7, 11) is -3.23. The summed E-state index contributed by atoms with van der Waals surface area (Å²) in [5, 5.41) is -0.250. The van der Waals surface area contributed by atoms with Crippen molar-refractivity contribution >= 4 is 10.0 Å². The van der Waals surface area contributed by atoms with Crippen LogP contribution in [0.1, 0.15) is 32.1 Å². The number of sulfonamides is 1. The van der Waals surface area contributed by atoms with Crippen LogP contribution in [-0.4, -0.2) is 31.8 Å². The van der Waals surface area contributed by atoms with Crippen molar-refractivity contribution in [2.45, 2.75) is 37.4 Å². The van der Waals surface area contributed by atoms with E-state index in [2.05, 4.69) is 21.5 Å². The number of aromatic nitrogens is 1. The van der Waals surface area contributed by atoms with Gasteiger partial charge in [-0.15, -0.1) is 0 Å². The van der Waals surface area contributed by atoms with Crippen LogP contribution in [0.3, 0.4) is 0 Å². The number of nitrogens with zero attached hydrogens (tertiary/aromatic N) is 1. The van der Waals surface area contributed by atoms with Gasteiger partial charge in [-0.1, -0.05) is 31.1 Å². The van der Waals surface area contributed by atoms with Crippen LogP contribution >= 0.6 is 0 Å². The van der Waals surface area contributed by atoms with Gasteiger partial charge in [0.25, 0.3) is 0 Å². The normalized spacial score (nSPS) is 16.0. The Morgan fingerprint density at radius 1 is 1.29 bits per heavy atom. The molecule has 0 atom stereocenters. The highest BCUT2D eigenvalue weighted by Crippen LogP contribution is 2.22. The third kappa shape index (κ3) is 5.37. The van der Waals surface area contributed by atoms with E-state index >= 15 is 0 Å². The molecule has 1 aliphatic rings. The Hall–Kier alpha value is -1.58. The van der Waals surface area contributed by atoms with Crippen LogP contribution in [0.2, 0.25) is 0 Å². The van der Waals surface area contributed by atoms with Crippen molar-refractivity contribution in [3.05, 3.63) is 24.5 Å². The van der Waals surface area contributed by atoms with E-state index in [1.165, 1.54) is 0 Å². The molecule has 1 fully saturated rings. The number of nitrogens with one attached hydrogen (secondary N) is 1. The summed E-state index contributed by atoms with van der Waals surface area (Å²) in [5.41, 5.74) is 0. The van der Waals surface area contributed by atoms with E-state index in [-0.39, 0.29) is 18.4 Å². The number of hydrogen-bond donors (Lipinski definition) is 1. The van der Waals surface area contributed by atoms with Crippen molar-refractivity contribution < 1.29 is 13.2 Å². The zero-order valence-electron chi connectivity index (χ0n) is 11.9. The van der Waals surface area contributed by atoms with Crippen molar-refractivity contribution in [1.29, 1.82) is 0 Å². The summed E-state index contributed by atoms with van der Waals surface area (Å²) in [6.07, 6.45) is 7.91. The minimum Gasteiger partial charge on any atom is -0.479 e. The summed E-state index contributed by atoms with van der Waals surface area (Å²) in [4.78, 5) is 3.92. The SMILES string of the molecule is O=S(=O)(NCC#CCOc1cccnc1)C1CCCCC1. The summed E-state index contributed by atoms with van der Waals surface area (Å²) >= 11 is 0. The molecule has 1 heterocycles. The monoisotopic (exact) mass is 308 g/mol. The predicted molar refractivity (Wildman–Crippen MR) is 81.3 cm³/mol. The minimum atomic E-state index is -3.23. The van der Waals surface area contributed by atoms with Gasteiger partial charge >= 0.3 is 0 Å². The summed E-state index contributed by atoms with van der Waals surface area (Å²) < 4.78 is 31.9. The lowest BCUT2D eigenvalue weighted by Crippen LogP contribution is -2.35. The van der Waals surface area contributed by atoms with Crippen LogP contribution in [0.15, 0.2) is 24.5 Å². The smallest absolute Gasteiger partial charge is 0.215 e. The highest BCUT2D eigenvalue weighted by molar-refractivity contribution is 7.90. The Kier molecular flexibility index (Phi) is 6.03. The maximum absolute atomic E-state index is 12.0. The van der Waals surface area contributed by atoms with Crippen LogP contribution in [-0.2, 0) is 10.0 Å². The van der Waals surface area contributed by atoms with Gasteiger partial charge in [-0.2, -0.15) is 0 Å². The first-order chi connectivity index (χ1) is 10.2. The second-order valence-electron chi connectivity index (χ2n) is 4.96. The van der Waals surface area contributed by atoms with Gasteiger partial charge in [0.1, 0.15) is 12.4 Å². The number of ether oxygens (including phenoxy) is 1. The number of pyridine rings is 1. The third-order valence-electron chi connectivity index (χ3n) is 3.42. The molecule has 0 bridgehead atoms. The second-order valence-corrected chi connectivity index (χ2v) is 7.00. The highest BCUT2D eigenvalue weighted by atomic mass is 32.2. The summed E-state index contributed by atoms with van der Waals surface area (Å²) in [5.74, 6) is 6.20. The third-order valence-corrected chi connectivity index (χ3v) is 5.32. The lowest BCUT2D eigenvalue weighted by atomic mass is 10.0. The Labute approximate surface area is 126 Å². The van der Waals surface area contributed by atoms with E-state index < -0.39 is 10.0 Å². The fourth-order valence-corrected chi connectivity index (χ4v) is 3.76. The van der Waals surface area contributed by atoms with Crippen LogP contribution in [0.4, 0.5) is 0 Å². The topological polar surface area (TPSA) is 68.3 Å². The Morgan fingerprint density at radius 2 is 2.10 bits per heavy atom. The Balaban J connectivity index is 1.70. The zero-order valence-corrected chi connectivity index (χ0v) is 12.7. The molecule has 6 heteroatoms. The predicted octanol–water partition coefficient (Wildman–Crippen LogP) is 1.72. The Bertz CT molecular complexity index is 584. The molecule has 2 rings (SSSR count). The molecular formula is C15H20N2O3S. The molecule has 1 N–H and O–H groups in total. The second kappa shape index (κ2) is 8.01. The van der Waals surface area contributed by atoms with E-state index in [0.717, 1.165) is 32.1 Å². The molecule has 0 saturated heterocycles. The van der Waals surface area contributed by atoms with Crippen molar-refractivity contribution in [2.24, 2.45) is 0 Å². The minimum absolute atomic E-state index is 0.134. The number of hydrogen-bond acceptors (Lipinski definition) is 4. The summed E-state index contributed by atoms with van der Waals surface area (Å²) in [6, 6.07) is 3.57. The molecule has 0 spiro atoms. The summed E-state index contributed by atoms with van der Waals surface area (Å²) in [6.45, 7) is 0.353. The van der Waals surface area contributed by atoms with E-state index in [0.29, 0.717) is 5.75 Å². The van der Waals surface area contributed by atoms with E-state index in [1.807, 2.05) is 0 Å². The molecule has 0 aromatic carbocycles. The molecule has 1 aliphatic carbocycles. The fraction of sp³-hybridized carbons (Fsp3) is 0.533. The van der Waals surface area contributed by atoms with Crippen LogP contribution < -0.4 is 9.46 Å². The van der Waals surface area contributed by atoms with Crippen LogP contribution in [0.25, 0.3) is 0 Å². The lowest BCUT2D eigenvalue weighted by molar-refractivity contribution is 0.368. The Morgan fingerprint density at radius 3 is 2.81 bits per heavy atom. The molecule has 1 saturated carbocycles. The van der Waals surface area contributed by atoms with Crippen molar-refractivity contribution in [2.75, 3.05) is 13.2 Å². The quantitative estimate of drug-likeness (QED) is 0.841. The standard InChI is InChI=1S/C15H20N2O3S/c18-21(19,15-8-2-1-3-9-15)17-11-4-5-12-20-14-7-6-10-16-13-14/h6-7,10,13,15,17H,1-3,8-9,11-12H2. The molecular weight excluding hydrogens is 288 g/mol. The maximum atomic E-state index is 12.0. The van der Waals surface area contributed by atoms with Crippen molar-refractivity contribution in [3.63, 3.8) is 0 Å². The van der Waals surface area contributed by atoms with Crippen molar-refractivity contribution in [1.82, 2.24) is 9.71 Å². The van der Waals surface area contributed by atoms with Gasteiger partial charge in [0.2, 0.25) is 10.0 Å². The maximum Gasteiger partial charge on any atom is 0.215 e. The van der Waals surface area contributed by atoms with Gasteiger partial charge < -0.3 is 4.74 Å². The van der Waals surface area contributed by atoms with Crippen LogP contribution in [0.5, 0.6) is 5.75 Å². The molecule has 1 aromatic rings. The lowest BCUT2D eigenvalue weighted by Gasteiger charge is -2.21. The largest absolute Gasteiger partial charge is 0.479 e. The first-order valence-corrected chi connectivity index (χ1v) is 8.70. The first-order valence-electron chi connectivity index (χ1n) is 7.15. The van der Waals surface area contributed by atoms with E-state index in [1.54, 1.807) is 24.5 Å². The first kappa shape index (κ1) is 15.8. The average molecular weight is 308 g/mol. The van der Waals surface area contributed by atoms with E-state index in [4.69, 9.17) is 4.74 Å². The number of rotatable bonds is 5. The molecule has 5 nitrogen and oxygen atoms in total. The average Bonchev–Trinajstić information content (AvgIpc) is 2.52. The molecule has 0 amide bonds. The van der Waals surface area contributed by atoms with Gasteiger partial charge in [0, 0.05) is 6.20 Å². The molecule has 0 unspecified atom stereocenters. The van der Waals surface area contributed by atoms with Gasteiger partial charge in [-0.25, -0.2) is 13.1 Å². The molecule has 0 radical (unpaired) electrons. The van der Waals surface area contributed by atoms with Gasteiger partial charge in [-0.3, -0.25) is 4.98 Å². The van der Waals surface area contributed by atoms with Gasteiger partial charge in [0.15, 0.2) is 0 Å². The highest BCUT2D eigenvalue weighted by Gasteiger charge is 2.26.